The van der Waals surface area contributed by atoms with Gasteiger partial charge in [-0.25, -0.2) is 0 Å². The first-order valence-corrected chi connectivity index (χ1v) is 5.33. The third kappa shape index (κ3) is 1.72. The molecule has 0 saturated heterocycles. The zero-order valence-corrected chi connectivity index (χ0v) is 9.41. The number of anilines is 1. The van der Waals surface area contributed by atoms with Gasteiger partial charge in [0.1, 0.15) is 11.9 Å². The first-order valence-electron chi connectivity index (χ1n) is 4.54. The van der Waals surface area contributed by atoms with Crippen LogP contribution in [0.5, 0.6) is 5.75 Å². The summed E-state index contributed by atoms with van der Waals surface area (Å²) in [5.74, 6) is 0.788. The van der Waals surface area contributed by atoms with Crippen LogP contribution < -0.4 is 10.1 Å². The van der Waals surface area contributed by atoms with E-state index in [1.54, 1.807) is 0 Å². The van der Waals surface area contributed by atoms with E-state index >= 15 is 0 Å². The Morgan fingerprint density at radius 2 is 2.36 bits per heavy atom. The van der Waals surface area contributed by atoms with Crippen LogP contribution in [-0.2, 0) is 0 Å². The molecule has 2 rings (SSSR count). The van der Waals surface area contributed by atoms with Crippen molar-refractivity contribution in [2.75, 3.05) is 11.9 Å². The van der Waals surface area contributed by atoms with Crippen LogP contribution >= 0.6 is 15.9 Å². The summed E-state index contributed by atoms with van der Waals surface area (Å²) in [7, 11) is 0. The van der Waals surface area contributed by atoms with Crippen molar-refractivity contribution < 1.29 is 9.84 Å². The highest BCUT2D eigenvalue weighted by molar-refractivity contribution is 9.10. The normalized spacial score (nSPS) is 24.8. The van der Waals surface area contributed by atoms with Gasteiger partial charge in [-0.3, -0.25) is 0 Å². The molecule has 2 N–H and O–H groups in total. The third-order valence-electron chi connectivity index (χ3n) is 2.34. The Morgan fingerprint density at radius 3 is 3.07 bits per heavy atom. The van der Waals surface area contributed by atoms with Crippen LogP contribution in [0.1, 0.15) is 6.92 Å². The lowest BCUT2D eigenvalue weighted by atomic mass is 10.1. The molecule has 2 atom stereocenters. The zero-order chi connectivity index (χ0) is 10.1. The number of benzene rings is 1. The van der Waals surface area contributed by atoms with Crippen molar-refractivity contribution >= 4 is 21.6 Å². The molecule has 1 aromatic rings. The molecule has 0 spiro atoms. The Hall–Kier alpha value is -0.740. The number of halogens is 1. The van der Waals surface area contributed by atoms with Crippen LogP contribution in [0.15, 0.2) is 22.7 Å². The lowest BCUT2D eigenvalue weighted by Crippen LogP contribution is -2.41. The highest BCUT2D eigenvalue weighted by Gasteiger charge is 2.25. The number of aliphatic hydroxyl groups is 1. The Balaban J connectivity index is 2.31. The average molecular weight is 258 g/mol. The van der Waals surface area contributed by atoms with Gasteiger partial charge < -0.3 is 15.2 Å². The number of hydrogen-bond acceptors (Lipinski definition) is 3. The minimum Gasteiger partial charge on any atom is -0.484 e. The van der Waals surface area contributed by atoms with Gasteiger partial charge in [0, 0.05) is 4.47 Å². The molecule has 1 aliphatic heterocycles. The number of ether oxygens (including phenoxy) is 1. The number of fused-ring (bicyclic) bond motifs is 1. The molecule has 4 heteroatoms. The summed E-state index contributed by atoms with van der Waals surface area (Å²) in [6.45, 7) is 2.02. The first-order chi connectivity index (χ1) is 6.70. The number of aliphatic hydroxyl groups excluding tert-OH is 1. The second-order valence-corrected chi connectivity index (χ2v) is 4.33. The fourth-order valence-corrected chi connectivity index (χ4v) is 1.85. The van der Waals surface area contributed by atoms with Crippen LogP contribution in [0, 0.1) is 0 Å². The van der Waals surface area contributed by atoms with E-state index in [-0.39, 0.29) is 18.8 Å². The summed E-state index contributed by atoms with van der Waals surface area (Å²) in [5.41, 5.74) is 0.977. The molecule has 1 heterocycles. The van der Waals surface area contributed by atoms with Gasteiger partial charge >= 0.3 is 0 Å². The molecule has 3 nitrogen and oxygen atoms in total. The summed E-state index contributed by atoms with van der Waals surface area (Å²) in [5, 5.41) is 12.4. The molecular weight excluding hydrogens is 246 g/mol. The minimum absolute atomic E-state index is 0.0279. The van der Waals surface area contributed by atoms with Crippen LogP contribution in [0.25, 0.3) is 0 Å². The van der Waals surface area contributed by atoms with Crippen LogP contribution in [0.4, 0.5) is 5.69 Å². The quantitative estimate of drug-likeness (QED) is 0.809. The maximum atomic E-state index is 9.08. The second-order valence-electron chi connectivity index (χ2n) is 3.41. The predicted molar refractivity (Wildman–Crippen MR) is 58.7 cm³/mol. The highest BCUT2D eigenvalue weighted by Crippen LogP contribution is 2.33. The lowest BCUT2D eigenvalue weighted by molar-refractivity contribution is 0.0977. The Kier molecular flexibility index (Phi) is 2.65. The van der Waals surface area contributed by atoms with E-state index in [1.165, 1.54) is 0 Å². The van der Waals surface area contributed by atoms with Gasteiger partial charge in [0.25, 0.3) is 0 Å². The van der Waals surface area contributed by atoms with Gasteiger partial charge in [0.05, 0.1) is 18.3 Å². The van der Waals surface area contributed by atoms with E-state index in [0.717, 1.165) is 15.9 Å². The van der Waals surface area contributed by atoms with Gasteiger partial charge in [-0.15, -0.1) is 0 Å². The Bertz CT molecular complexity index is 343. The van der Waals surface area contributed by atoms with E-state index < -0.39 is 0 Å². The maximum absolute atomic E-state index is 9.08. The topological polar surface area (TPSA) is 41.5 Å². The number of rotatable bonds is 1. The number of hydrogen-bond donors (Lipinski definition) is 2. The van der Waals surface area contributed by atoms with Crippen molar-refractivity contribution in [2.45, 2.75) is 19.1 Å². The largest absolute Gasteiger partial charge is 0.484 e. The molecule has 1 aliphatic rings. The third-order valence-corrected chi connectivity index (χ3v) is 2.84. The Morgan fingerprint density at radius 1 is 1.57 bits per heavy atom. The summed E-state index contributed by atoms with van der Waals surface area (Å²) in [6, 6.07) is 5.95. The minimum atomic E-state index is -0.170. The van der Waals surface area contributed by atoms with Crippen molar-refractivity contribution in [1.82, 2.24) is 0 Å². The fraction of sp³-hybridized carbons (Fsp3) is 0.400. The van der Waals surface area contributed by atoms with Crippen molar-refractivity contribution in [3.05, 3.63) is 22.7 Å². The summed E-state index contributed by atoms with van der Waals surface area (Å²) >= 11 is 3.38. The van der Waals surface area contributed by atoms with E-state index in [4.69, 9.17) is 9.84 Å². The van der Waals surface area contributed by atoms with Crippen molar-refractivity contribution in [2.24, 2.45) is 0 Å². The number of nitrogens with one attached hydrogen (secondary N) is 1. The molecule has 14 heavy (non-hydrogen) atoms. The molecule has 0 fully saturated rings. The smallest absolute Gasteiger partial charge is 0.144 e. The SMILES string of the molecule is CC1Nc2ccc(Br)cc2OC1CO. The van der Waals surface area contributed by atoms with Gasteiger partial charge in [-0.05, 0) is 25.1 Å². The molecule has 0 aromatic heterocycles. The molecule has 0 amide bonds. The molecule has 1 aromatic carbocycles. The van der Waals surface area contributed by atoms with Gasteiger partial charge in [-0.2, -0.15) is 0 Å². The molecule has 0 bridgehead atoms. The standard InChI is InChI=1S/C10H12BrNO2/c1-6-10(5-13)14-9-4-7(11)2-3-8(9)12-6/h2-4,6,10,12-13H,5H2,1H3. The van der Waals surface area contributed by atoms with Crippen molar-refractivity contribution in [3.63, 3.8) is 0 Å². The lowest BCUT2D eigenvalue weighted by Gasteiger charge is -2.31. The Labute approximate surface area is 91.2 Å². The van der Waals surface area contributed by atoms with Crippen LogP contribution in [0.3, 0.4) is 0 Å². The van der Waals surface area contributed by atoms with Gasteiger partial charge in [0.15, 0.2) is 0 Å². The molecule has 2 unspecified atom stereocenters. The molecule has 0 aliphatic carbocycles. The molecular formula is C10H12BrNO2. The van der Waals surface area contributed by atoms with Gasteiger partial charge in [-0.1, -0.05) is 15.9 Å². The van der Waals surface area contributed by atoms with E-state index in [2.05, 4.69) is 21.2 Å². The molecule has 0 radical (unpaired) electrons. The predicted octanol–water partition coefficient (Wildman–Crippen LogP) is 2.00. The van der Waals surface area contributed by atoms with Crippen molar-refractivity contribution in [3.8, 4) is 5.75 Å². The fourth-order valence-electron chi connectivity index (χ4n) is 1.51. The van der Waals surface area contributed by atoms with E-state index in [1.807, 2.05) is 25.1 Å². The first kappa shape index (κ1) is 9.80. The zero-order valence-electron chi connectivity index (χ0n) is 7.83. The van der Waals surface area contributed by atoms with Crippen LogP contribution in [0.2, 0.25) is 0 Å². The van der Waals surface area contributed by atoms with E-state index in [0.29, 0.717) is 0 Å². The summed E-state index contributed by atoms with van der Waals surface area (Å²) in [4.78, 5) is 0. The monoisotopic (exact) mass is 257 g/mol. The second kappa shape index (κ2) is 3.79. The summed E-state index contributed by atoms with van der Waals surface area (Å²) in [6.07, 6.45) is -0.170. The van der Waals surface area contributed by atoms with Crippen LogP contribution in [-0.4, -0.2) is 23.9 Å². The van der Waals surface area contributed by atoms with Crippen molar-refractivity contribution in [1.29, 1.82) is 0 Å². The van der Waals surface area contributed by atoms with E-state index in [9.17, 15) is 0 Å². The average Bonchev–Trinajstić information content (AvgIpc) is 2.17. The highest BCUT2D eigenvalue weighted by atomic mass is 79.9. The molecule has 76 valence electrons. The maximum Gasteiger partial charge on any atom is 0.144 e. The van der Waals surface area contributed by atoms with Gasteiger partial charge in [0.2, 0.25) is 0 Å². The molecule has 0 saturated carbocycles. The summed E-state index contributed by atoms with van der Waals surface area (Å²) < 4.78 is 6.61.